The minimum atomic E-state index is -0.953. The van der Waals surface area contributed by atoms with Gasteiger partial charge < -0.3 is 35.1 Å². The highest BCUT2D eigenvalue weighted by atomic mass is 35.5. The van der Waals surface area contributed by atoms with E-state index in [9.17, 15) is 19.2 Å². The number of para-hydroxylation sites is 1. The van der Waals surface area contributed by atoms with Gasteiger partial charge in [0.25, 0.3) is 11.8 Å². The van der Waals surface area contributed by atoms with Crippen molar-refractivity contribution in [2.45, 2.75) is 64.8 Å². The number of rotatable bonds is 2. The third kappa shape index (κ3) is 8.86. The van der Waals surface area contributed by atoms with Crippen LogP contribution in [0.3, 0.4) is 0 Å². The van der Waals surface area contributed by atoms with Crippen LogP contribution in [0.15, 0.2) is 42.5 Å². The number of carbonyl (C=O) groups is 4. The molecule has 1 saturated heterocycles. The molecule has 2 aromatic rings. The molecule has 1 fully saturated rings. The van der Waals surface area contributed by atoms with Crippen LogP contribution < -0.4 is 25.4 Å². The zero-order valence-corrected chi connectivity index (χ0v) is 26.3. The number of benzene rings is 2. The fraction of sp³-hybridized carbons (Fsp3) is 0.500. The lowest BCUT2D eigenvalue weighted by molar-refractivity contribution is -0.145. The second-order valence-corrected chi connectivity index (χ2v) is 12.0. The van der Waals surface area contributed by atoms with E-state index in [0.29, 0.717) is 29.6 Å². The summed E-state index contributed by atoms with van der Waals surface area (Å²) in [5, 5.41) is 9.02. The van der Waals surface area contributed by atoms with Crippen molar-refractivity contribution in [3.05, 3.63) is 58.6 Å². The molecule has 238 valence electrons. The third-order valence-corrected chi connectivity index (χ3v) is 7.76. The van der Waals surface area contributed by atoms with E-state index in [2.05, 4.69) is 16.0 Å². The van der Waals surface area contributed by atoms with Gasteiger partial charge in [0.2, 0.25) is 11.8 Å². The molecule has 44 heavy (non-hydrogen) atoms. The number of amides is 4. The molecule has 12 heteroatoms. The van der Waals surface area contributed by atoms with Gasteiger partial charge >= 0.3 is 0 Å². The molecule has 0 aliphatic carbocycles. The predicted molar refractivity (Wildman–Crippen MR) is 165 cm³/mol. The first-order chi connectivity index (χ1) is 21.0. The van der Waals surface area contributed by atoms with Crippen molar-refractivity contribution in [1.29, 1.82) is 0 Å². The van der Waals surface area contributed by atoms with E-state index < -0.39 is 17.9 Å². The van der Waals surface area contributed by atoms with Crippen molar-refractivity contribution in [3.8, 4) is 11.5 Å². The van der Waals surface area contributed by atoms with Crippen molar-refractivity contribution >= 4 is 35.2 Å². The summed E-state index contributed by atoms with van der Waals surface area (Å²) >= 11 is 6.18. The lowest BCUT2D eigenvalue weighted by atomic mass is 10.0. The Morgan fingerprint density at radius 1 is 0.932 bits per heavy atom. The van der Waals surface area contributed by atoms with Gasteiger partial charge in [0.15, 0.2) is 0 Å². The lowest BCUT2D eigenvalue weighted by Crippen LogP contribution is -2.55. The molecule has 4 amide bonds. The van der Waals surface area contributed by atoms with Gasteiger partial charge in [-0.1, -0.05) is 37.6 Å². The Hall–Kier alpha value is -3.83. The normalized spacial score (nSPS) is 24.1. The molecule has 0 saturated carbocycles. The highest BCUT2D eigenvalue weighted by Crippen LogP contribution is 2.24. The van der Waals surface area contributed by atoms with Crippen LogP contribution in [0.1, 0.15) is 61.3 Å². The summed E-state index contributed by atoms with van der Waals surface area (Å²) in [7, 11) is 0. The monoisotopic (exact) mass is 628 g/mol. The molecule has 4 rings (SSSR count). The summed E-state index contributed by atoms with van der Waals surface area (Å²) in [6.45, 7) is 8.77. The van der Waals surface area contributed by atoms with Crippen LogP contribution in [0.5, 0.6) is 11.5 Å². The largest absolute Gasteiger partial charge is 0.491 e. The van der Waals surface area contributed by atoms with Crippen LogP contribution in [-0.2, 0) is 14.3 Å². The number of hydrogen-bond acceptors (Lipinski definition) is 7. The molecule has 0 spiro atoms. The number of nitrogens with zero attached hydrogens (tertiary/aromatic N) is 1. The van der Waals surface area contributed by atoms with Gasteiger partial charge in [0.05, 0.1) is 35.9 Å². The fourth-order valence-electron chi connectivity index (χ4n) is 5.21. The quantitative estimate of drug-likeness (QED) is 0.465. The molecular formula is C32H41ClN4O7. The van der Waals surface area contributed by atoms with Crippen LogP contribution >= 0.6 is 11.6 Å². The molecule has 0 aromatic heterocycles. The zero-order valence-electron chi connectivity index (χ0n) is 25.6. The van der Waals surface area contributed by atoms with E-state index >= 15 is 0 Å². The van der Waals surface area contributed by atoms with E-state index in [0.717, 1.165) is 0 Å². The van der Waals surface area contributed by atoms with Crippen molar-refractivity contribution in [1.82, 2.24) is 20.9 Å². The maximum absolute atomic E-state index is 13.7. The average molecular weight is 629 g/mol. The third-order valence-electron chi connectivity index (χ3n) is 7.53. The summed E-state index contributed by atoms with van der Waals surface area (Å²) in [5.74, 6) is -0.870. The van der Waals surface area contributed by atoms with E-state index in [4.69, 9.17) is 25.8 Å². The smallest absolute Gasteiger partial charge is 0.255 e. The van der Waals surface area contributed by atoms with E-state index in [1.54, 1.807) is 41.3 Å². The highest BCUT2D eigenvalue weighted by Gasteiger charge is 2.33. The van der Waals surface area contributed by atoms with Gasteiger partial charge in [-0.05, 0) is 56.5 Å². The number of halogens is 1. The molecule has 0 radical (unpaired) electrons. The molecular weight excluding hydrogens is 588 g/mol. The number of fused-ring (bicyclic) bond motifs is 2. The molecule has 11 nitrogen and oxygen atoms in total. The number of morpholine rings is 1. The van der Waals surface area contributed by atoms with Gasteiger partial charge in [-0.15, -0.1) is 0 Å². The number of carbonyl (C=O) groups excluding carboxylic acids is 4. The van der Waals surface area contributed by atoms with Gasteiger partial charge in [0.1, 0.15) is 30.8 Å². The average Bonchev–Trinajstić information content (AvgIpc) is 2.98. The SMILES string of the molecule is CC(C)[C@@H]1COc2ccc(Cl)cc2C(=O)NCCOc2ccccc2C(=O)N[C@H](C(=O)N2C[C@@H](C)O[C@@H](C)C2)CCC(=O)N1. The Labute approximate surface area is 262 Å². The van der Waals surface area contributed by atoms with Crippen molar-refractivity contribution in [3.63, 3.8) is 0 Å². The molecule has 3 N–H and O–H groups in total. The van der Waals surface area contributed by atoms with Crippen molar-refractivity contribution in [2.24, 2.45) is 5.92 Å². The van der Waals surface area contributed by atoms with Crippen molar-refractivity contribution in [2.75, 3.05) is 32.8 Å². The van der Waals surface area contributed by atoms with Crippen LogP contribution in [0, 0.1) is 5.92 Å². The Morgan fingerprint density at radius 3 is 2.36 bits per heavy atom. The summed E-state index contributed by atoms with van der Waals surface area (Å²) in [6.07, 6.45) is -0.243. The fourth-order valence-corrected chi connectivity index (χ4v) is 5.38. The van der Waals surface area contributed by atoms with E-state index in [1.807, 2.05) is 27.7 Å². The minimum absolute atomic E-state index is 0.000239. The molecule has 4 atom stereocenters. The van der Waals surface area contributed by atoms with Gasteiger partial charge in [0, 0.05) is 24.5 Å². The first-order valence-electron chi connectivity index (χ1n) is 15.0. The van der Waals surface area contributed by atoms with Crippen molar-refractivity contribution < 1.29 is 33.4 Å². The van der Waals surface area contributed by atoms with E-state index in [-0.39, 0.29) is 79.7 Å². The second-order valence-electron chi connectivity index (χ2n) is 11.5. The number of hydrogen-bond donors (Lipinski definition) is 3. The molecule has 2 aliphatic heterocycles. The van der Waals surface area contributed by atoms with Crippen LogP contribution in [-0.4, -0.2) is 85.7 Å². The van der Waals surface area contributed by atoms with Gasteiger partial charge in [-0.3, -0.25) is 19.2 Å². The maximum atomic E-state index is 13.7. The van der Waals surface area contributed by atoms with Crippen LogP contribution in [0.25, 0.3) is 0 Å². The van der Waals surface area contributed by atoms with Crippen LogP contribution in [0.4, 0.5) is 0 Å². The second kappa shape index (κ2) is 15.3. The molecule has 0 bridgehead atoms. The number of ether oxygens (including phenoxy) is 3. The lowest BCUT2D eigenvalue weighted by Gasteiger charge is -2.37. The standard InChI is InChI=1S/C32H41ClN4O7/c1-19(2)26-18-43-28-11-9-22(33)15-24(28)30(39)34-13-14-42-27-8-6-5-7-23(27)31(40)36-25(10-12-29(38)35-26)32(41)37-16-20(3)44-21(4)17-37/h5-9,11,15,19-21,25-26H,10,12-14,16-18H2,1-4H3,(H,34,39)(H,35,38)(H,36,40)/t20-,21+,25-,26-/m0/s1. The Kier molecular flexibility index (Phi) is 11.5. The molecule has 2 aliphatic rings. The van der Waals surface area contributed by atoms with Crippen LogP contribution in [0.2, 0.25) is 5.02 Å². The first-order valence-corrected chi connectivity index (χ1v) is 15.4. The zero-order chi connectivity index (χ0) is 31.8. The van der Waals surface area contributed by atoms with Gasteiger partial charge in [-0.25, -0.2) is 0 Å². The highest BCUT2D eigenvalue weighted by molar-refractivity contribution is 6.31. The Morgan fingerprint density at radius 2 is 1.64 bits per heavy atom. The number of nitrogens with one attached hydrogen (secondary N) is 3. The molecule has 2 aromatic carbocycles. The molecule has 2 heterocycles. The predicted octanol–water partition coefficient (Wildman–Crippen LogP) is 3.20. The topological polar surface area (TPSA) is 135 Å². The van der Waals surface area contributed by atoms with E-state index in [1.165, 1.54) is 6.07 Å². The minimum Gasteiger partial charge on any atom is -0.491 e. The molecule has 0 unspecified atom stereocenters. The summed E-state index contributed by atoms with van der Waals surface area (Å²) in [4.78, 5) is 55.2. The summed E-state index contributed by atoms with van der Waals surface area (Å²) in [5.41, 5.74) is 0.477. The first kappa shape index (κ1) is 33.1. The Bertz CT molecular complexity index is 1340. The summed E-state index contributed by atoms with van der Waals surface area (Å²) < 4.78 is 17.7. The maximum Gasteiger partial charge on any atom is 0.255 e. The van der Waals surface area contributed by atoms with Gasteiger partial charge in [-0.2, -0.15) is 0 Å². The Balaban J connectivity index is 1.61. The summed E-state index contributed by atoms with van der Waals surface area (Å²) in [6, 6.07) is 10.1.